The van der Waals surface area contributed by atoms with Crippen LogP contribution in [0.25, 0.3) is 10.9 Å². The van der Waals surface area contributed by atoms with Crippen molar-refractivity contribution in [2.75, 3.05) is 6.61 Å². The molecule has 8 heteroatoms. The number of nitro groups is 1. The van der Waals surface area contributed by atoms with Crippen LogP contribution in [0.4, 0.5) is 5.69 Å². The van der Waals surface area contributed by atoms with Gasteiger partial charge in [-0.2, -0.15) is 5.26 Å². The summed E-state index contributed by atoms with van der Waals surface area (Å²) in [7, 11) is 0. The minimum atomic E-state index is -0.723. The van der Waals surface area contributed by atoms with Crippen LogP contribution in [0.15, 0.2) is 22.8 Å². The van der Waals surface area contributed by atoms with E-state index in [1.54, 1.807) is 12.1 Å². The quantitative estimate of drug-likeness (QED) is 0.686. The van der Waals surface area contributed by atoms with Crippen molar-refractivity contribution in [3.8, 4) is 17.6 Å². The number of rotatable bonds is 3. The number of pyridine rings is 1. The van der Waals surface area contributed by atoms with Crippen molar-refractivity contribution >= 4 is 32.5 Å². The van der Waals surface area contributed by atoms with Gasteiger partial charge in [-0.1, -0.05) is 0 Å². The Morgan fingerprint density at radius 2 is 2.32 bits per heavy atom. The van der Waals surface area contributed by atoms with Gasteiger partial charge in [0, 0.05) is 0 Å². The summed E-state index contributed by atoms with van der Waals surface area (Å²) in [4.78, 5) is 13.9. The van der Waals surface area contributed by atoms with Gasteiger partial charge in [-0.05, 0) is 28.1 Å². The lowest BCUT2D eigenvalue weighted by molar-refractivity contribution is -0.386. The van der Waals surface area contributed by atoms with Crippen LogP contribution in [0, 0.1) is 21.4 Å². The molecular formula is C11H6BrN3O4. The minimum absolute atomic E-state index is 0.173. The van der Waals surface area contributed by atoms with Crippen molar-refractivity contribution in [3.05, 3.63) is 32.9 Å². The van der Waals surface area contributed by atoms with Crippen molar-refractivity contribution in [2.24, 2.45) is 0 Å². The molecule has 0 fully saturated rings. The van der Waals surface area contributed by atoms with Crippen LogP contribution in [0.2, 0.25) is 0 Å². The number of fused-ring (bicyclic) bond motifs is 1. The molecule has 0 spiro atoms. The Balaban J connectivity index is 2.64. The molecule has 0 saturated carbocycles. The fraction of sp³-hybridized carbons (Fsp3) is 0.0909. The molecule has 0 aliphatic heterocycles. The third-order valence-corrected chi connectivity index (χ3v) is 2.98. The number of halogens is 1. The summed E-state index contributed by atoms with van der Waals surface area (Å²) >= 11 is 3.23. The smallest absolute Gasteiger partial charge is 0.329 e. The molecule has 0 aliphatic rings. The number of benzene rings is 1. The highest BCUT2D eigenvalue weighted by atomic mass is 79.9. The first kappa shape index (κ1) is 13.0. The molecule has 0 radical (unpaired) electrons. The largest absolute Gasteiger partial charge is 0.502 e. The Morgan fingerprint density at radius 1 is 1.58 bits per heavy atom. The summed E-state index contributed by atoms with van der Waals surface area (Å²) in [5.41, 5.74) is -0.111. The zero-order chi connectivity index (χ0) is 14.0. The first-order valence-corrected chi connectivity index (χ1v) is 5.79. The number of nitriles is 1. The zero-order valence-corrected chi connectivity index (χ0v) is 10.9. The lowest BCUT2D eigenvalue weighted by Gasteiger charge is -2.07. The number of ether oxygens (including phenoxy) is 1. The topological polar surface area (TPSA) is 109 Å². The van der Waals surface area contributed by atoms with E-state index in [2.05, 4.69) is 20.9 Å². The molecule has 0 amide bonds. The second-order valence-corrected chi connectivity index (χ2v) is 4.35. The number of aromatic hydroxyl groups is 1. The van der Waals surface area contributed by atoms with E-state index < -0.39 is 16.4 Å². The molecular weight excluding hydrogens is 318 g/mol. The molecule has 0 bridgehead atoms. The second-order valence-electron chi connectivity index (χ2n) is 3.50. The average Bonchev–Trinajstić information content (AvgIpc) is 2.36. The van der Waals surface area contributed by atoms with Crippen molar-refractivity contribution in [3.63, 3.8) is 0 Å². The molecule has 0 atom stereocenters. The van der Waals surface area contributed by atoms with Crippen molar-refractivity contribution < 1.29 is 14.8 Å². The first-order valence-electron chi connectivity index (χ1n) is 5.00. The molecule has 1 aromatic carbocycles. The molecule has 7 nitrogen and oxygen atoms in total. The number of hydrogen-bond acceptors (Lipinski definition) is 6. The van der Waals surface area contributed by atoms with Gasteiger partial charge in [0.2, 0.25) is 5.75 Å². The third-order valence-electron chi connectivity index (χ3n) is 2.36. The van der Waals surface area contributed by atoms with E-state index in [1.807, 2.05) is 0 Å². The standard InChI is InChI=1S/C11H6BrN3O4/c12-7-4-8-6(3-10(7)19-2-1-13)11(16)9(5-14-8)15(17)18/h3-5H,2H2,(H,14,16). The van der Waals surface area contributed by atoms with Crippen LogP contribution in [0.1, 0.15) is 0 Å². The molecule has 96 valence electrons. The van der Waals surface area contributed by atoms with Gasteiger partial charge in [0.25, 0.3) is 0 Å². The molecule has 19 heavy (non-hydrogen) atoms. The minimum Gasteiger partial charge on any atom is -0.502 e. The highest BCUT2D eigenvalue weighted by molar-refractivity contribution is 9.10. The SMILES string of the molecule is N#CCOc1cc2c(O)c([N+](=O)[O-])cnc2cc1Br. The van der Waals surface area contributed by atoms with E-state index in [9.17, 15) is 15.2 Å². The maximum Gasteiger partial charge on any atom is 0.329 e. The van der Waals surface area contributed by atoms with Gasteiger partial charge in [-0.15, -0.1) is 0 Å². The third kappa shape index (κ3) is 2.41. The van der Waals surface area contributed by atoms with Gasteiger partial charge >= 0.3 is 5.69 Å². The van der Waals surface area contributed by atoms with E-state index >= 15 is 0 Å². The summed E-state index contributed by atoms with van der Waals surface area (Å²) in [6.45, 7) is -0.173. The molecule has 0 aliphatic carbocycles. The van der Waals surface area contributed by atoms with Gasteiger partial charge in [-0.3, -0.25) is 10.1 Å². The molecule has 1 aromatic heterocycles. The van der Waals surface area contributed by atoms with Crippen LogP contribution in [0.3, 0.4) is 0 Å². The van der Waals surface area contributed by atoms with Crippen molar-refractivity contribution in [2.45, 2.75) is 0 Å². The summed E-state index contributed by atoms with van der Waals surface area (Å²) in [5.74, 6) is -0.184. The molecule has 1 heterocycles. The fourth-order valence-electron chi connectivity index (χ4n) is 1.52. The predicted octanol–water partition coefficient (Wildman–Crippen LogP) is 2.51. The van der Waals surface area contributed by atoms with E-state index in [0.29, 0.717) is 15.7 Å². The highest BCUT2D eigenvalue weighted by Crippen LogP contribution is 2.37. The molecule has 0 unspecified atom stereocenters. The molecule has 0 saturated heterocycles. The summed E-state index contributed by atoms with van der Waals surface area (Å²) in [6.07, 6.45) is 0.986. The van der Waals surface area contributed by atoms with Crippen LogP contribution >= 0.6 is 15.9 Å². The van der Waals surface area contributed by atoms with E-state index in [0.717, 1.165) is 6.20 Å². The lowest BCUT2D eigenvalue weighted by Crippen LogP contribution is -1.96. The van der Waals surface area contributed by atoms with E-state index in [1.165, 1.54) is 6.07 Å². The Kier molecular flexibility index (Phi) is 3.48. The number of nitrogens with zero attached hydrogens (tertiary/aromatic N) is 3. The molecule has 1 N–H and O–H groups in total. The number of aromatic nitrogens is 1. The lowest BCUT2D eigenvalue weighted by atomic mass is 10.2. The fourth-order valence-corrected chi connectivity index (χ4v) is 1.97. The Labute approximate surface area is 115 Å². The van der Waals surface area contributed by atoms with E-state index in [4.69, 9.17) is 10.00 Å². The van der Waals surface area contributed by atoms with Crippen LogP contribution in [0.5, 0.6) is 11.5 Å². The maximum absolute atomic E-state index is 10.7. The van der Waals surface area contributed by atoms with Gasteiger partial charge in [0.1, 0.15) is 18.0 Å². The zero-order valence-electron chi connectivity index (χ0n) is 9.33. The highest BCUT2D eigenvalue weighted by Gasteiger charge is 2.18. The van der Waals surface area contributed by atoms with Gasteiger partial charge in [-0.25, -0.2) is 4.98 Å². The average molecular weight is 324 g/mol. The van der Waals surface area contributed by atoms with Crippen LogP contribution in [-0.2, 0) is 0 Å². The predicted molar refractivity (Wildman–Crippen MR) is 68.9 cm³/mol. The van der Waals surface area contributed by atoms with E-state index in [-0.39, 0.29) is 12.0 Å². The summed E-state index contributed by atoms with van der Waals surface area (Å²) < 4.78 is 5.67. The molecule has 2 aromatic rings. The van der Waals surface area contributed by atoms with Gasteiger partial charge in [0.05, 0.1) is 20.3 Å². The normalized spacial score (nSPS) is 10.1. The Hall–Kier alpha value is -2.40. The molecule has 2 rings (SSSR count). The summed E-state index contributed by atoms with van der Waals surface area (Å²) in [6, 6.07) is 4.75. The summed E-state index contributed by atoms with van der Waals surface area (Å²) in [5, 5.41) is 29.2. The first-order chi connectivity index (χ1) is 9.04. The van der Waals surface area contributed by atoms with Crippen LogP contribution < -0.4 is 4.74 Å². The van der Waals surface area contributed by atoms with Crippen molar-refractivity contribution in [1.29, 1.82) is 5.26 Å². The monoisotopic (exact) mass is 323 g/mol. The Bertz CT molecular complexity index is 711. The second kappa shape index (κ2) is 5.07. The van der Waals surface area contributed by atoms with Gasteiger partial charge in [0.15, 0.2) is 6.61 Å². The van der Waals surface area contributed by atoms with Crippen LogP contribution in [-0.4, -0.2) is 21.6 Å². The maximum atomic E-state index is 10.7. The number of hydrogen-bond donors (Lipinski definition) is 1. The van der Waals surface area contributed by atoms with Crippen molar-refractivity contribution in [1.82, 2.24) is 4.98 Å². The van der Waals surface area contributed by atoms with Gasteiger partial charge < -0.3 is 9.84 Å². The Morgan fingerprint density at radius 3 is 2.95 bits per heavy atom.